The number of methoxy groups -OCH3 is 1. The third kappa shape index (κ3) is 2.20. The molecule has 0 spiro atoms. The lowest BCUT2D eigenvalue weighted by molar-refractivity contribution is -0.384. The first-order valence-corrected chi connectivity index (χ1v) is 5.69. The number of nitro benzene ring substituents is 1. The van der Waals surface area contributed by atoms with E-state index in [4.69, 9.17) is 9.84 Å². The quantitative estimate of drug-likeness (QED) is 0.683. The summed E-state index contributed by atoms with van der Waals surface area (Å²) in [6.07, 6.45) is 1.54. The second-order valence-electron chi connectivity index (χ2n) is 4.10. The van der Waals surface area contributed by atoms with E-state index in [-0.39, 0.29) is 11.3 Å². The Labute approximate surface area is 114 Å². The number of benzene rings is 1. The van der Waals surface area contributed by atoms with E-state index in [1.807, 2.05) is 0 Å². The molecule has 7 heteroatoms. The van der Waals surface area contributed by atoms with E-state index in [1.165, 1.54) is 31.4 Å². The van der Waals surface area contributed by atoms with Crippen molar-refractivity contribution in [3.8, 4) is 11.4 Å². The third-order valence-electron chi connectivity index (χ3n) is 3.00. The van der Waals surface area contributed by atoms with E-state index < -0.39 is 10.9 Å². The Morgan fingerprint density at radius 1 is 1.40 bits per heavy atom. The van der Waals surface area contributed by atoms with E-state index in [9.17, 15) is 14.9 Å². The van der Waals surface area contributed by atoms with E-state index in [0.29, 0.717) is 17.1 Å². The topological polar surface area (TPSA) is 94.6 Å². The molecule has 0 unspecified atom stereocenters. The molecule has 0 aliphatic heterocycles. The van der Waals surface area contributed by atoms with Crippen molar-refractivity contribution in [2.24, 2.45) is 0 Å². The summed E-state index contributed by atoms with van der Waals surface area (Å²) in [7, 11) is 1.45. The molecule has 0 aliphatic carbocycles. The number of non-ortho nitro benzene ring substituents is 1. The molecule has 20 heavy (non-hydrogen) atoms. The average Bonchev–Trinajstić information content (AvgIpc) is 2.79. The lowest BCUT2D eigenvalue weighted by Gasteiger charge is -2.11. The maximum atomic E-state index is 11.0. The normalized spacial score (nSPS) is 10.3. The van der Waals surface area contributed by atoms with Gasteiger partial charge in [0.15, 0.2) is 0 Å². The van der Waals surface area contributed by atoms with Crippen LogP contribution in [0.15, 0.2) is 30.5 Å². The summed E-state index contributed by atoms with van der Waals surface area (Å²) < 4.78 is 6.72. The van der Waals surface area contributed by atoms with Gasteiger partial charge in [0.2, 0.25) is 0 Å². The molecule has 1 aromatic heterocycles. The molecule has 0 fully saturated rings. The molecule has 0 radical (unpaired) electrons. The van der Waals surface area contributed by atoms with Crippen LogP contribution in [0.3, 0.4) is 0 Å². The molecule has 0 amide bonds. The van der Waals surface area contributed by atoms with Crippen LogP contribution in [-0.2, 0) is 0 Å². The summed E-state index contributed by atoms with van der Waals surface area (Å²) in [5, 5.41) is 19.9. The van der Waals surface area contributed by atoms with Gasteiger partial charge in [-0.3, -0.25) is 10.1 Å². The number of carboxylic acid groups (broad SMARTS) is 1. The highest BCUT2D eigenvalue weighted by Gasteiger charge is 2.17. The van der Waals surface area contributed by atoms with Crippen LogP contribution in [0, 0.1) is 17.0 Å². The van der Waals surface area contributed by atoms with Crippen LogP contribution in [0.25, 0.3) is 5.69 Å². The van der Waals surface area contributed by atoms with Gasteiger partial charge < -0.3 is 14.4 Å². The molecule has 1 N–H and O–H groups in total. The standard InChI is InChI=1S/C13H12N2O5/c1-8-10(13(16)17)5-6-14(8)11-7-9(15(18)19)3-4-12(11)20-2/h3-7H,1-2H3,(H,16,17). The largest absolute Gasteiger partial charge is 0.495 e. The van der Waals surface area contributed by atoms with Crippen LogP contribution < -0.4 is 4.74 Å². The zero-order valence-corrected chi connectivity index (χ0v) is 10.9. The minimum absolute atomic E-state index is 0.0919. The zero-order chi connectivity index (χ0) is 14.9. The Morgan fingerprint density at radius 2 is 2.10 bits per heavy atom. The molecule has 1 heterocycles. The van der Waals surface area contributed by atoms with Crippen LogP contribution in [0.1, 0.15) is 16.1 Å². The fourth-order valence-electron chi connectivity index (χ4n) is 1.98. The van der Waals surface area contributed by atoms with Crippen molar-refractivity contribution >= 4 is 11.7 Å². The second-order valence-corrected chi connectivity index (χ2v) is 4.10. The van der Waals surface area contributed by atoms with Crippen LogP contribution >= 0.6 is 0 Å². The van der Waals surface area contributed by atoms with Gasteiger partial charge >= 0.3 is 5.97 Å². The van der Waals surface area contributed by atoms with E-state index >= 15 is 0 Å². The van der Waals surface area contributed by atoms with Crippen molar-refractivity contribution in [3.05, 3.63) is 51.8 Å². The highest BCUT2D eigenvalue weighted by molar-refractivity contribution is 5.89. The van der Waals surface area contributed by atoms with Gasteiger partial charge in [0.1, 0.15) is 5.75 Å². The van der Waals surface area contributed by atoms with Gasteiger partial charge in [0, 0.05) is 24.0 Å². The highest BCUT2D eigenvalue weighted by atomic mass is 16.6. The first-order valence-electron chi connectivity index (χ1n) is 5.69. The molecule has 7 nitrogen and oxygen atoms in total. The van der Waals surface area contributed by atoms with Crippen molar-refractivity contribution in [2.75, 3.05) is 7.11 Å². The highest BCUT2D eigenvalue weighted by Crippen LogP contribution is 2.29. The minimum Gasteiger partial charge on any atom is -0.495 e. The molecule has 0 atom stereocenters. The molecule has 1 aromatic carbocycles. The van der Waals surface area contributed by atoms with Crippen molar-refractivity contribution < 1.29 is 19.6 Å². The van der Waals surface area contributed by atoms with E-state index in [1.54, 1.807) is 17.7 Å². The van der Waals surface area contributed by atoms with E-state index in [2.05, 4.69) is 0 Å². The zero-order valence-electron chi connectivity index (χ0n) is 10.9. The molecule has 0 aliphatic rings. The van der Waals surface area contributed by atoms with Gasteiger partial charge in [0.25, 0.3) is 5.69 Å². The van der Waals surface area contributed by atoms with Gasteiger partial charge in [-0.15, -0.1) is 0 Å². The maximum Gasteiger partial charge on any atom is 0.337 e. The SMILES string of the molecule is COc1ccc([N+](=O)[O-])cc1-n1ccc(C(=O)O)c1C. The number of nitro groups is 1. The molecular weight excluding hydrogens is 264 g/mol. The monoisotopic (exact) mass is 276 g/mol. The lowest BCUT2D eigenvalue weighted by atomic mass is 10.2. The summed E-state index contributed by atoms with van der Waals surface area (Å²) in [5.41, 5.74) is 0.937. The van der Waals surface area contributed by atoms with E-state index in [0.717, 1.165) is 0 Å². The molecule has 0 saturated heterocycles. The number of aromatic carboxylic acids is 1. The Hall–Kier alpha value is -2.83. The molecule has 0 saturated carbocycles. The lowest BCUT2D eigenvalue weighted by Crippen LogP contribution is -2.03. The summed E-state index contributed by atoms with van der Waals surface area (Å²) in [6.45, 7) is 1.63. The summed E-state index contributed by atoms with van der Waals surface area (Å²) in [5.74, 6) is -0.628. The predicted octanol–water partition coefficient (Wildman–Crippen LogP) is 2.40. The number of rotatable bonds is 4. The number of hydrogen-bond donors (Lipinski definition) is 1. The number of hydrogen-bond acceptors (Lipinski definition) is 4. The third-order valence-corrected chi connectivity index (χ3v) is 3.00. The van der Waals surface area contributed by atoms with Crippen LogP contribution in [0.4, 0.5) is 5.69 Å². The summed E-state index contributed by atoms with van der Waals surface area (Å²) in [6, 6.07) is 5.60. The molecule has 2 aromatic rings. The van der Waals surface area contributed by atoms with Crippen LogP contribution in [-0.4, -0.2) is 27.7 Å². The first-order chi connectivity index (χ1) is 9.45. The van der Waals surface area contributed by atoms with Gasteiger partial charge in [-0.2, -0.15) is 0 Å². The Kier molecular flexibility index (Phi) is 3.43. The Balaban J connectivity index is 2.64. The van der Waals surface area contributed by atoms with Crippen LogP contribution in [0.5, 0.6) is 5.75 Å². The Bertz CT molecular complexity index is 690. The molecule has 104 valence electrons. The fraction of sp³-hybridized carbons (Fsp3) is 0.154. The maximum absolute atomic E-state index is 11.0. The van der Waals surface area contributed by atoms with Gasteiger partial charge in [0.05, 0.1) is 23.3 Å². The summed E-state index contributed by atoms with van der Waals surface area (Å²) in [4.78, 5) is 21.4. The minimum atomic E-state index is -1.05. The molecule has 2 rings (SSSR count). The average molecular weight is 276 g/mol. The fourth-order valence-corrected chi connectivity index (χ4v) is 1.98. The van der Waals surface area contributed by atoms with Crippen LogP contribution in [0.2, 0.25) is 0 Å². The van der Waals surface area contributed by atoms with Crippen molar-refractivity contribution in [1.29, 1.82) is 0 Å². The predicted molar refractivity (Wildman–Crippen MR) is 70.7 cm³/mol. The van der Waals surface area contributed by atoms with Gasteiger partial charge in [-0.1, -0.05) is 0 Å². The summed E-state index contributed by atoms with van der Waals surface area (Å²) >= 11 is 0. The number of aromatic nitrogens is 1. The molecule has 0 bridgehead atoms. The van der Waals surface area contributed by atoms with Gasteiger partial charge in [-0.25, -0.2) is 4.79 Å². The Morgan fingerprint density at radius 3 is 2.60 bits per heavy atom. The van der Waals surface area contributed by atoms with Crippen molar-refractivity contribution in [3.63, 3.8) is 0 Å². The number of carbonyl (C=O) groups is 1. The van der Waals surface area contributed by atoms with Gasteiger partial charge in [-0.05, 0) is 19.1 Å². The van der Waals surface area contributed by atoms with Crippen molar-refractivity contribution in [2.45, 2.75) is 6.92 Å². The second kappa shape index (κ2) is 5.04. The number of ether oxygens (including phenoxy) is 1. The smallest absolute Gasteiger partial charge is 0.337 e. The molecular formula is C13H12N2O5. The first kappa shape index (κ1) is 13.6. The number of carboxylic acids is 1. The number of nitrogens with zero attached hydrogens (tertiary/aromatic N) is 2. The van der Waals surface area contributed by atoms with Crippen molar-refractivity contribution in [1.82, 2.24) is 4.57 Å².